The number of rotatable bonds is 0. The van der Waals surface area contributed by atoms with Gasteiger partial charge >= 0.3 is 0 Å². The number of hydrogen-bond donors (Lipinski definition) is 0. The van der Waals surface area contributed by atoms with E-state index in [0.29, 0.717) is 4.83 Å². The second kappa shape index (κ2) is 3.71. The van der Waals surface area contributed by atoms with Gasteiger partial charge in [0.25, 0.3) is 0 Å². The average Bonchev–Trinajstić information content (AvgIpc) is 2.61. The summed E-state index contributed by atoms with van der Waals surface area (Å²) in [7, 11) is 0. The normalized spacial score (nSPS) is 41.4. The summed E-state index contributed by atoms with van der Waals surface area (Å²) in [6.45, 7) is 0. The predicted octanol–water partition coefficient (Wildman–Crippen LogP) is 4.67. The van der Waals surface area contributed by atoms with E-state index >= 15 is 0 Å². The second-order valence-corrected chi connectivity index (χ2v) is 7.71. The molecule has 0 bridgehead atoms. The number of halogens is 2. The van der Waals surface area contributed by atoms with Crippen LogP contribution in [-0.2, 0) is 6.42 Å². The van der Waals surface area contributed by atoms with Crippen LogP contribution < -0.4 is 0 Å². The minimum absolute atomic E-state index is 0.611. The molecule has 3 aliphatic rings. The third kappa shape index (κ3) is 1.46. The molecule has 1 aromatic rings. The van der Waals surface area contributed by atoms with E-state index < -0.39 is 0 Å². The van der Waals surface area contributed by atoms with Gasteiger partial charge in [0.05, 0.1) is 0 Å². The highest BCUT2D eigenvalue weighted by Crippen LogP contribution is 2.62. The van der Waals surface area contributed by atoms with E-state index in [9.17, 15) is 0 Å². The maximum absolute atomic E-state index is 3.74. The van der Waals surface area contributed by atoms with Crippen LogP contribution >= 0.6 is 31.9 Å². The Hall–Kier alpha value is -0.0800. The molecule has 5 atom stereocenters. The lowest BCUT2D eigenvalue weighted by atomic mass is 9.54. The molecule has 4 rings (SSSR count). The van der Waals surface area contributed by atoms with E-state index in [-0.39, 0.29) is 0 Å². The molecule has 2 heteroatoms. The highest BCUT2D eigenvalue weighted by atomic mass is 79.9. The molecular weight excluding hydrogens is 340 g/mol. The lowest BCUT2D eigenvalue weighted by Gasteiger charge is -2.51. The maximum Gasteiger partial charge on any atom is 0.0328 e. The van der Waals surface area contributed by atoms with Crippen molar-refractivity contribution in [3.05, 3.63) is 46.0 Å². The summed E-state index contributed by atoms with van der Waals surface area (Å²) < 4.78 is 1.23. The molecule has 1 aromatic carbocycles. The summed E-state index contributed by atoms with van der Waals surface area (Å²) in [4.78, 5) is 0.611. The molecule has 0 aliphatic heterocycles. The summed E-state index contributed by atoms with van der Waals surface area (Å²) >= 11 is 7.33. The predicted molar refractivity (Wildman–Crippen MR) is 77.5 cm³/mol. The Labute approximate surface area is 119 Å². The first-order chi connectivity index (χ1) is 8.24. The first-order valence-corrected chi connectivity index (χ1v) is 8.05. The van der Waals surface area contributed by atoms with Crippen LogP contribution in [0.4, 0.5) is 0 Å². The Morgan fingerprint density at radius 3 is 2.88 bits per heavy atom. The molecule has 0 saturated heterocycles. The van der Waals surface area contributed by atoms with Crippen molar-refractivity contribution < 1.29 is 0 Å². The summed E-state index contributed by atoms with van der Waals surface area (Å²) in [6, 6.07) is 6.87. The SMILES string of the molecule is Brc1ccc2c(c1)C[C@@H]1C3CC(Br)C=C[C@H]3C21. The Bertz CT molecular complexity index is 506. The van der Waals surface area contributed by atoms with Crippen molar-refractivity contribution in [3.63, 3.8) is 0 Å². The fourth-order valence-corrected chi connectivity index (χ4v) is 5.20. The van der Waals surface area contributed by atoms with Crippen molar-refractivity contribution in [2.45, 2.75) is 23.6 Å². The molecule has 0 amide bonds. The van der Waals surface area contributed by atoms with Crippen LogP contribution in [0, 0.1) is 17.8 Å². The molecule has 17 heavy (non-hydrogen) atoms. The topological polar surface area (TPSA) is 0 Å². The smallest absolute Gasteiger partial charge is 0.0328 e. The minimum atomic E-state index is 0.611. The van der Waals surface area contributed by atoms with Crippen molar-refractivity contribution in [2.24, 2.45) is 17.8 Å². The van der Waals surface area contributed by atoms with E-state index in [1.807, 2.05) is 0 Å². The molecule has 0 heterocycles. The fourth-order valence-electron chi connectivity index (χ4n) is 4.19. The van der Waals surface area contributed by atoms with E-state index in [1.54, 1.807) is 11.1 Å². The third-order valence-electron chi connectivity index (χ3n) is 4.88. The lowest BCUT2D eigenvalue weighted by molar-refractivity contribution is 0.0699. The zero-order chi connectivity index (χ0) is 11.6. The van der Waals surface area contributed by atoms with Crippen molar-refractivity contribution in [1.82, 2.24) is 0 Å². The van der Waals surface area contributed by atoms with Gasteiger partial charge in [0.15, 0.2) is 0 Å². The molecule has 0 N–H and O–H groups in total. The van der Waals surface area contributed by atoms with Crippen LogP contribution in [-0.4, -0.2) is 4.83 Å². The Kier molecular flexibility index (Phi) is 2.36. The number of alkyl halides is 1. The average molecular weight is 354 g/mol. The van der Waals surface area contributed by atoms with Gasteiger partial charge in [-0.1, -0.05) is 50.1 Å². The summed E-state index contributed by atoms with van der Waals surface area (Å²) in [5, 5.41) is 0. The quantitative estimate of drug-likeness (QED) is 0.469. The maximum atomic E-state index is 3.74. The van der Waals surface area contributed by atoms with Crippen molar-refractivity contribution in [2.75, 3.05) is 0 Å². The highest BCUT2D eigenvalue weighted by molar-refractivity contribution is 9.10. The van der Waals surface area contributed by atoms with Crippen LogP contribution in [0.15, 0.2) is 34.8 Å². The largest absolute Gasteiger partial charge is 0.0845 e. The molecule has 0 spiro atoms. The monoisotopic (exact) mass is 352 g/mol. The van der Waals surface area contributed by atoms with Crippen molar-refractivity contribution in [1.29, 1.82) is 0 Å². The van der Waals surface area contributed by atoms with E-state index in [4.69, 9.17) is 0 Å². The van der Waals surface area contributed by atoms with Gasteiger partial charge in [-0.25, -0.2) is 0 Å². The van der Waals surface area contributed by atoms with Gasteiger partial charge in [0.2, 0.25) is 0 Å². The number of allylic oxidation sites excluding steroid dienone is 2. The molecule has 0 aromatic heterocycles. The lowest BCUT2D eigenvalue weighted by Crippen LogP contribution is -2.44. The van der Waals surface area contributed by atoms with Gasteiger partial charge in [-0.2, -0.15) is 0 Å². The first kappa shape index (κ1) is 10.8. The molecule has 3 unspecified atom stereocenters. The molecule has 88 valence electrons. The second-order valence-electron chi connectivity index (χ2n) is 5.61. The number of fused-ring (bicyclic) bond motifs is 6. The van der Waals surface area contributed by atoms with Crippen LogP contribution in [0.2, 0.25) is 0 Å². The summed E-state index contributed by atoms with van der Waals surface area (Å²) in [5.41, 5.74) is 3.21. The Morgan fingerprint density at radius 1 is 1.12 bits per heavy atom. The molecule has 1 fully saturated rings. The van der Waals surface area contributed by atoms with Crippen LogP contribution in [0.1, 0.15) is 23.5 Å². The molecule has 1 saturated carbocycles. The Morgan fingerprint density at radius 2 is 2.00 bits per heavy atom. The van der Waals surface area contributed by atoms with Gasteiger partial charge in [0.1, 0.15) is 0 Å². The standard InChI is InChI=1S/C15H14Br2/c16-9-1-3-11-8(5-9)6-14-13-7-10(17)2-4-12(13)15(11)14/h1-5,10,12-15H,6-7H2/t10?,12-,13?,14-,15?/m1/s1. The van der Waals surface area contributed by atoms with Gasteiger partial charge in [-0.3, -0.25) is 0 Å². The van der Waals surface area contributed by atoms with Gasteiger partial charge in [0, 0.05) is 9.30 Å². The number of benzene rings is 1. The molecular formula is C15H14Br2. The van der Waals surface area contributed by atoms with Gasteiger partial charge in [-0.15, -0.1) is 0 Å². The first-order valence-electron chi connectivity index (χ1n) is 6.35. The molecule has 0 radical (unpaired) electrons. The van der Waals surface area contributed by atoms with Gasteiger partial charge < -0.3 is 0 Å². The summed E-state index contributed by atoms with van der Waals surface area (Å²) in [6.07, 6.45) is 7.45. The zero-order valence-electron chi connectivity index (χ0n) is 9.44. The van der Waals surface area contributed by atoms with Crippen molar-refractivity contribution >= 4 is 31.9 Å². The highest BCUT2D eigenvalue weighted by Gasteiger charge is 2.54. The van der Waals surface area contributed by atoms with E-state index in [0.717, 1.165) is 23.7 Å². The van der Waals surface area contributed by atoms with Crippen LogP contribution in [0.25, 0.3) is 0 Å². The van der Waals surface area contributed by atoms with Gasteiger partial charge in [-0.05, 0) is 59.8 Å². The van der Waals surface area contributed by atoms with Crippen LogP contribution in [0.5, 0.6) is 0 Å². The molecule has 3 aliphatic carbocycles. The minimum Gasteiger partial charge on any atom is -0.0845 e. The zero-order valence-corrected chi connectivity index (χ0v) is 12.6. The third-order valence-corrected chi connectivity index (χ3v) is 6.05. The number of hydrogen-bond acceptors (Lipinski definition) is 0. The Balaban J connectivity index is 1.73. The van der Waals surface area contributed by atoms with E-state index in [2.05, 4.69) is 62.2 Å². The molecule has 0 nitrogen and oxygen atoms in total. The summed E-state index contributed by atoms with van der Waals surface area (Å²) in [5.74, 6) is 3.46. The van der Waals surface area contributed by atoms with Crippen LogP contribution in [0.3, 0.4) is 0 Å². The fraction of sp³-hybridized carbons (Fsp3) is 0.467. The van der Waals surface area contributed by atoms with E-state index in [1.165, 1.54) is 17.3 Å². The van der Waals surface area contributed by atoms with Crippen molar-refractivity contribution in [3.8, 4) is 0 Å².